The molecule has 0 radical (unpaired) electrons. The Morgan fingerprint density at radius 1 is 0.688 bits per heavy atom. The molecule has 2 aliphatic rings. The highest BCUT2D eigenvalue weighted by atomic mass is 16.5. The van der Waals surface area contributed by atoms with Crippen molar-refractivity contribution in [2.45, 2.75) is 39.9 Å². The molecule has 0 aliphatic carbocycles. The molecule has 0 amide bonds. The third-order valence-corrected chi connectivity index (χ3v) is 7.01. The summed E-state index contributed by atoms with van der Waals surface area (Å²) in [5.74, 6) is 1.77. The molecule has 0 N–H and O–H groups in total. The van der Waals surface area contributed by atoms with Crippen molar-refractivity contribution < 1.29 is 9.47 Å². The van der Waals surface area contributed by atoms with Crippen LogP contribution in [0, 0.1) is 0 Å². The number of benzene rings is 3. The Morgan fingerprint density at radius 2 is 1.22 bits per heavy atom. The molecule has 4 nitrogen and oxygen atoms in total. The van der Waals surface area contributed by atoms with Crippen LogP contribution in [0.1, 0.15) is 49.9 Å². The van der Waals surface area contributed by atoms with E-state index in [1.165, 1.54) is 22.5 Å². The van der Waals surface area contributed by atoms with Crippen LogP contribution in [-0.2, 0) is 16.9 Å². The normalized spacial score (nSPS) is 15.0. The van der Waals surface area contributed by atoms with E-state index < -0.39 is 5.60 Å². The fourth-order valence-corrected chi connectivity index (χ4v) is 5.31. The molecule has 4 heteroatoms. The van der Waals surface area contributed by atoms with Gasteiger partial charge in [0.15, 0.2) is 5.60 Å². The van der Waals surface area contributed by atoms with Crippen LogP contribution in [0.2, 0.25) is 0 Å². The van der Waals surface area contributed by atoms with Gasteiger partial charge in [0.2, 0.25) is 0 Å². The zero-order chi connectivity index (χ0) is 22.3. The molecule has 0 saturated heterocycles. The van der Waals surface area contributed by atoms with Crippen LogP contribution >= 0.6 is 0 Å². The summed E-state index contributed by atoms with van der Waals surface area (Å²) in [5, 5.41) is 0. The summed E-state index contributed by atoms with van der Waals surface area (Å²) in [6.07, 6.45) is 0. The van der Waals surface area contributed by atoms with Crippen molar-refractivity contribution >= 4 is 11.4 Å². The van der Waals surface area contributed by atoms with E-state index >= 15 is 0 Å². The Bertz CT molecular complexity index is 1070. The molecular formula is C28H32N2O2. The lowest BCUT2D eigenvalue weighted by Gasteiger charge is -2.38. The summed E-state index contributed by atoms with van der Waals surface area (Å²) in [5.41, 5.74) is 6.35. The van der Waals surface area contributed by atoms with Crippen molar-refractivity contribution in [3.63, 3.8) is 0 Å². The molecule has 1 spiro atoms. The minimum atomic E-state index is -0.636. The van der Waals surface area contributed by atoms with Crippen molar-refractivity contribution in [3.8, 4) is 11.5 Å². The van der Waals surface area contributed by atoms with Gasteiger partial charge in [-0.3, -0.25) is 0 Å². The van der Waals surface area contributed by atoms with Gasteiger partial charge >= 0.3 is 0 Å². The molecule has 0 saturated carbocycles. The Hall–Kier alpha value is -2.98. The summed E-state index contributed by atoms with van der Waals surface area (Å²) in [6, 6.07) is 21.8. The zero-order valence-corrected chi connectivity index (χ0v) is 19.5. The van der Waals surface area contributed by atoms with Crippen LogP contribution in [0.4, 0.5) is 11.4 Å². The summed E-state index contributed by atoms with van der Waals surface area (Å²) in [6.45, 7) is 13.2. The predicted molar refractivity (Wildman–Crippen MR) is 131 cm³/mol. The maximum absolute atomic E-state index is 6.70. The van der Waals surface area contributed by atoms with Gasteiger partial charge in [-0.1, -0.05) is 24.3 Å². The van der Waals surface area contributed by atoms with Crippen molar-refractivity contribution in [1.82, 2.24) is 0 Å². The maximum atomic E-state index is 6.70. The van der Waals surface area contributed by atoms with Crippen LogP contribution in [0.25, 0.3) is 0 Å². The van der Waals surface area contributed by atoms with Gasteiger partial charge in [-0.05, 0) is 63.1 Å². The van der Waals surface area contributed by atoms with Gasteiger partial charge in [0.1, 0.15) is 11.5 Å². The summed E-state index contributed by atoms with van der Waals surface area (Å²) in [4.78, 5) is 4.70. The van der Waals surface area contributed by atoms with E-state index in [2.05, 4.69) is 98.2 Å². The topological polar surface area (TPSA) is 24.9 Å². The molecule has 0 fully saturated rings. The van der Waals surface area contributed by atoms with Gasteiger partial charge in [0, 0.05) is 60.8 Å². The van der Waals surface area contributed by atoms with E-state index in [0.717, 1.165) is 48.8 Å². The van der Waals surface area contributed by atoms with Gasteiger partial charge in [0.25, 0.3) is 0 Å². The lowest BCUT2D eigenvalue weighted by molar-refractivity contribution is 0.0200. The van der Waals surface area contributed by atoms with E-state index in [9.17, 15) is 0 Å². The Kier molecular flexibility index (Phi) is 5.34. The lowest BCUT2D eigenvalue weighted by atomic mass is 9.77. The Morgan fingerprint density at radius 3 is 1.75 bits per heavy atom. The van der Waals surface area contributed by atoms with Gasteiger partial charge in [0.05, 0.1) is 6.61 Å². The first-order valence-corrected chi connectivity index (χ1v) is 11.8. The second-order valence-corrected chi connectivity index (χ2v) is 8.43. The summed E-state index contributed by atoms with van der Waals surface area (Å²) >= 11 is 0. The standard InChI is InChI=1S/C28H32N2O2/c1-5-29(6-2)21-13-15-24-26(17-21)32-27-18-22(30(7-3)8-4)14-16-25(27)28(24)23-12-10-9-11-20(23)19-31-28/h9-18H,5-8,19H2,1-4H3. The number of hydrogen-bond donors (Lipinski definition) is 0. The molecule has 166 valence electrons. The van der Waals surface area contributed by atoms with E-state index in [0.29, 0.717) is 6.61 Å². The molecule has 2 aliphatic heterocycles. The van der Waals surface area contributed by atoms with Crippen LogP contribution in [0.5, 0.6) is 11.5 Å². The number of anilines is 2. The third-order valence-electron chi connectivity index (χ3n) is 7.01. The van der Waals surface area contributed by atoms with E-state index in [4.69, 9.17) is 9.47 Å². The van der Waals surface area contributed by atoms with Gasteiger partial charge in [-0.2, -0.15) is 0 Å². The molecule has 3 aromatic carbocycles. The van der Waals surface area contributed by atoms with Crippen LogP contribution in [0.3, 0.4) is 0 Å². The lowest BCUT2D eigenvalue weighted by Crippen LogP contribution is -2.33. The van der Waals surface area contributed by atoms with Gasteiger partial charge in [-0.25, -0.2) is 0 Å². The molecule has 0 atom stereocenters. The first-order valence-electron chi connectivity index (χ1n) is 11.8. The number of fused-ring (bicyclic) bond motifs is 6. The number of hydrogen-bond acceptors (Lipinski definition) is 4. The van der Waals surface area contributed by atoms with Crippen LogP contribution in [-0.4, -0.2) is 26.2 Å². The number of nitrogens with zero attached hydrogens (tertiary/aromatic N) is 2. The molecule has 5 rings (SSSR count). The predicted octanol–water partition coefficient (Wildman–Crippen LogP) is 6.31. The summed E-state index contributed by atoms with van der Waals surface area (Å²) < 4.78 is 13.3. The third kappa shape index (κ3) is 3.01. The zero-order valence-electron chi connectivity index (χ0n) is 19.5. The fraction of sp³-hybridized carbons (Fsp3) is 0.357. The molecule has 0 unspecified atom stereocenters. The molecule has 32 heavy (non-hydrogen) atoms. The Labute approximate surface area is 191 Å². The summed E-state index contributed by atoms with van der Waals surface area (Å²) in [7, 11) is 0. The van der Waals surface area contributed by atoms with E-state index in [1.807, 2.05) is 0 Å². The number of ether oxygens (including phenoxy) is 2. The molecule has 3 aromatic rings. The van der Waals surface area contributed by atoms with Crippen molar-refractivity contribution in [2.75, 3.05) is 36.0 Å². The number of rotatable bonds is 6. The maximum Gasteiger partial charge on any atom is 0.151 e. The van der Waals surface area contributed by atoms with E-state index in [1.54, 1.807) is 0 Å². The second kappa shape index (κ2) is 8.18. The molecular weight excluding hydrogens is 396 g/mol. The monoisotopic (exact) mass is 428 g/mol. The minimum Gasteiger partial charge on any atom is -0.456 e. The highest BCUT2D eigenvalue weighted by molar-refractivity contribution is 5.69. The smallest absolute Gasteiger partial charge is 0.151 e. The molecule has 0 aromatic heterocycles. The first kappa shape index (κ1) is 20.9. The quantitative estimate of drug-likeness (QED) is 0.459. The first-order chi connectivity index (χ1) is 15.7. The van der Waals surface area contributed by atoms with E-state index in [-0.39, 0.29) is 0 Å². The highest BCUT2D eigenvalue weighted by Gasteiger charge is 2.49. The van der Waals surface area contributed by atoms with Crippen molar-refractivity contribution in [2.24, 2.45) is 0 Å². The minimum absolute atomic E-state index is 0.602. The average Bonchev–Trinajstić information content (AvgIpc) is 3.21. The fourth-order valence-electron chi connectivity index (χ4n) is 5.31. The van der Waals surface area contributed by atoms with Crippen LogP contribution in [0.15, 0.2) is 60.7 Å². The second-order valence-electron chi connectivity index (χ2n) is 8.43. The largest absolute Gasteiger partial charge is 0.456 e. The van der Waals surface area contributed by atoms with Crippen molar-refractivity contribution in [3.05, 3.63) is 82.9 Å². The SMILES string of the molecule is CCN(CC)c1ccc2c(c1)Oc1cc(N(CC)CC)ccc1C21OCc2ccccc21. The van der Waals surface area contributed by atoms with Gasteiger partial charge in [-0.15, -0.1) is 0 Å². The van der Waals surface area contributed by atoms with Crippen molar-refractivity contribution in [1.29, 1.82) is 0 Å². The van der Waals surface area contributed by atoms with Crippen LogP contribution < -0.4 is 14.5 Å². The average molecular weight is 429 g/mol. The highest BCUT2D eigenvalue weighted by Crippen LogP contribution is 2.57. The van der Waals surface area contributed by atoms with Gasteiger partial charge < -0.3 is 19.3 Å². The molecule has 0 bridgehead atoms. The molecule has 2 heterocycles. The Balaban J connectivity index is 1.73.